The van der Waals surface area contributed by atoms with Gasteiger partial charge in [0.2, 0.25) is 0 Å². The number of halogens is 1. The number of amides is 1. The van der Waals surface area contributed by atoms with Gasteiger partial charge in [0.25, 0.3) is 5.91 Å². The average molecular weight is 254 g/mol. The van der Waals surface area contributed by atoms with Crippen LogP contribution in [0.4, 0.5) is 0 Å². The van der Waals surface area contributed by atoms with Crippen LogP contribution in [0.25, 0.3) is 0 Å². The first-order valence-electron chi connectivity index (χ1n) is 5.72. The van der Waals surface area contributed by atoms with Crippen molar-refractivity contribution in [3.05, 3.63) is 29.0 Å². The van der Waals surface area contributed by atoms with Gasteiger partial charge in [0, 0.05) is 37.6 Å². The summed E-state index contributed by atoms with van der Waals surface area (Å²) < 4.78 is 0. The van der Waals surface area contributed by atoms with Gasteiger partial charge in [-0.25, -0.2) is 0 Å². The second-order valence-corrected chi connectivity index (χ2v) is 4.94. The summed E-state index contributed by atoms with van der Waals surface area (Å²) in [6.45, 7) is 5.57. The molecule has 5 heteroatoms. The van der Waals surface area contributed by atoms with E-state index >= 15 is 0 Å². The van der Waals surface area contributed by atoms with Gasteiger partial charge in [-0.05, 0) is 19.9 Å². The lowest BCUT2D eigenvalue weighted by molar-refractivity contribution is 0.0674. The minimum absolute atomic E-state index is 0.0161. The zero-order valence-corrected chi connectivity index (χ0v) is 10.7. The van der Waals surface area contributed by atoms with Crippen LogP contribution in [-0.4, -0.2) is 41.0 Å². The van der Waals surface area contributed by atoms with E-state index in [-0.39, 0.29) is 5.91 Å². The molecule has 1 fully saturated rings. The molecule has 2 atom stereocenters. The fourth-order valence-corrected chi connectivity index (χ4v) is 2.41. The van der Waals surface area contributed by atoms with E-state index in [2.05, 4.69) is 24.1 Å². The molecular weight excluding hydrogens is 238 g/mol. The number of rotatable bonds is 1. The van der Waals surface area contributed by atoms with Crippen LogP contribution in [0.2, 0.25) is 5.02 Å². The first kappa shape index (κ1) is 12.3. The molecule has 92 valence electrons. The molecule has 1 saturated heterocycles. The molecule has 0 saturated carbocycles. The molecule has 0 aromatic carbocycles. The maximum absolute atomic E-state index is 12.3. The molecule has 17 heavy (non-hydrogen) atoms. The summed E-state index contributed by atoms with van der Waals surface area (Å²) in [5, 5.41) is 3.80. The third-order valence-corrected chi connectivity index (χ3v) is 3.15. The highest BCUT2D eigenvalue weighted by Gasteiger charge is 2.26. The van der Waals surface area contributed by atoms with Crippen LogP contribution in [0, 0.1) is 0 Å². The number of hydrogen-bond donors (Lipinski definition) is 1. The van der Waals surface area contributed by atoms with E-state index in [1.54, 1.807) is 12.3 Å². The van der Waals surface area contributed by atoms with E-state index in [9.17, 15) is 4.79 Å². The first-order chi connectivity index (χ1) is 8.08. The normalized spacial score (nSPS) is 24.8. The van der Waals surface area contributed by atoms with Gasteiger partial charge in [-0.1, -0.05) is 11.6 Å². The van der Waals surface area contributed by atoms with Crippen LogP contribution >= 0.6 is 11.6 Å². The number of piperazine rings is 1. The molecule has 2 rings (SSSR count). The largest absolute Gasteiger partial charge is 0.335 e. The molecule has 1 aliphatic rings. The predicted molar refractivity (Wildman–Crippen MR) is 67.2 cm³/mol. The highest BCUT2D eigenvalue weighted by atomic mass is 35.5. The van der Waals surface area contributed by atoms with Crippen molar-refractivity contribution in [3.63, 3.8) is 0 Å². The van der Waals surface area contributed by atoms with Gasteiger partial charge in [-0.2, -0.15) is 0 Å². The minimum Gasteiger partial charge on any atom is -0.335 e. The lowest BCUT2D eigenvalue weighted by atomic mass is 10.1. The Morgan fingerprint density at radius 3 is 2.71 bits per heavy atom. The van der Waals surface area contributed by atoms with Crippen molar-refractivity contribution < 1.29 is 4.79 Å². The zero-order valence-electron chi connectivity index (χ0n) is 9.98. The third-order valence-electron chi connectivity index (χ3n) is 2.85. The molecule has 2 heterocycles. The summed E-state index contributed by atoms with van der Waals surface area (Å²) in [6, 6.07) is 2.29. The Kier molecular flexibility index (Phi) is 3.64. The molecule has 0 aliphatic carbocycles. The molecule has 0 spiro atoms. The molecule has 1 aromatic heterocycles. The SMILES string of the molecule is C[C@@H]1CN(C(=O)c2ccncc2Cl)C[C@H](C)N1. The number of carbonyl (C=O) groups excluding carboxylic acids is 1. The maximum atomic E-state index is 12.3. The van der Waals surface area contributed by atoms with Crippen molar-refractivity contribution in [1.29, 1.82) is 0 Å². The van der Waals surface area contributed by atoms with Gasteiger partial charge in [-0.15, -0.1) is 0 Å². The molecule has 4 nitrogen and oxygen atoms in total. The molecular formula is C12H16ClN3O. The van der Waals surface area contributed by atoms with Crippen molar-refractivity contribution >= 4 is 17.5 Å². The summed E-state index contributed by atoms with van der Waals surface area (Å²) in [5.41, 5.74) is 0.531. The van der Waals surface area contributed by atoms with Crippen LogP contribution in [0.5, 0.6) is 0 Å². The standard InChI is InChI=1S/C12H16ClN3O/c1-8-6-16(7-9(2)15-8)12(17)10-3-4-14-5-11(10)13/h3-5,8-9,15H,6-7H2,1-2H3/t8-,9+. The van der Waals surface area contributed by atoms with E-state index in [0.29, 0.717) is 35.8 Å². The Morgan fingerprint density at radius 1 is 1.47 bits per heavy atom. The highest BCUT2D eigenvalue weighted by molar-refractivity contribution is 6.33. The molecule has 0 bridgehead atoms. The second kappa shape index (κ2) is 5.02. The summed E-state index contributed by atoms with van der Waals surface area (Å²) in [6.07, 6.45) is 3.10. The van der Waals surface area contributed by atoms with Crippen LogP contribution in [0.1, 0.15) is 24.2 Å². The Hall–Kier alpha value is -1.13. The molecule has 0 radical (unpaired) electrons. The monoisotopic (exact) mass is 253 g/mol. The number of nitrogens with one attached hydrogen (secondary N) is 1. The summed E-state index contributed by atoms with van der Waals surface area (Å²) >= 11 is 5.99. The fraction of sp³-hybridized carbons (Fsp3) is 0.500. The Balaban J connectivity index is 2.17. The molecule has 1 N–H and O–H groups in total. The lowest BCUT2D eigenvalue weighted by Crippen LogP contribution is -2.55. The topological polar surface area (TPSA) is 45.2 Å². The molecule has 0 unspecified atom stereocenters. The Bertz CT molecular complexity index is 414. The minimum atomic E-state index is -0.0161. The first-order valence-corrected chi connectivity index (χ1v) is 6.10. The highest BCUT2D eigenvalue weighted by Crippen LogP contribution is 2.17. The fourth-order valence-electron chi connectivity index (χ4n) is 2.21. The Labute approximate surface area is 106 Å². The van der Waals surface area contributed by atoms with Crippen molar-refractivity contribution in [2.45, 2.75) is 25.9 Å². The van der Waals surface area contributed by atoms with Crippen molar-refractivity contribution in [3.8, 4) is 0 Å². The summed E-state index contributed by atoms with van der Waals surface area (Å²) in [7, 11) is 0. The van der Waals surface area contributed by atoms with Crippen LogP contribution < -0.4 is 5.32 Å². The van der Waals surface area contributed by atoms with E-state index < -0.39 is 0 Å². The molecule has 1 amide bonds. The predicted octanol–water partition coefficient (Wildman–Crippen LogP) is 1.56. The number of nitrogens with zero attached hydrogens (tertiary/aromatic N) is 2. The maximum Gasteiger partial charge on any atom is 0.255 e. The number of pyridine rings is 1. The van der Waals surface area contributed by atoms with Gasteiger partial charge in [-0.3, -0.25) is 9.78 Å². The quantitative estimate of drug-likeness (QED) is 0.826. The van der Waals surface area contributed by atoms with E-state index in [1.807, 2.05) is 4.90 Å². The Morgan fingerprint density at radius 2 is 2.12 bits per heavy atom. The van der Waals surface area contributed by atoms with Gasteiger partial charge in [0.15, 0.2) is 0 Å². The molecule has 1 aliphatic heterocycles. The van der Waals surface area contributed by atoms with Crippen molar-refractivity contribution in [2.75, 3.05) is 13.1 Å². The summed E-state index contributed by atoms with van der Waals surface area (Å²) in [4.78, 5) is 18.0. The van der Waals surface area contributed by atoms with Crippen LogP contribution in [0.15, 0.2) is 18.5 Å². The van der Waals surface area contributed by atoms with Crippen LogP contribution in [0.3, 0.4) is 0 Å². The summed E-state index contributed by atoms with van der Waals surface area (Å²) in [5.74, 6) is -0.0161. The van der Waals surface area contributed by atoms with Crippen molar-refractivity contribution in [1.82, 2.24) is 15.2 Å². The average Bonchev–Trinajstić information content (AvgIpc) is 2.27. The number of hydrogen-bond acceptors (Lipinski definition) is 3. The number of aromatic nitrogens is 1. The van der Waals surface area contributed by atoms with E-state index in [4.69, 9.17) is 11.6 Å². The second-order valence-electron chi connectivity index (χ2n) is 4.53. The lowest BCUT2D eigenvalue weighted by Gasteiger charge is -2.36. The number of carbonyl (C=O) groups is 1. The smallest absolute Gasteiger partial charge is 0.255 e. The zero-order chi connectivity index (χ0) is 12.4. The van der Waals surface area contributed by atoms with E-state index in [0.717, 1.165) is 0 Å². The molecule has 1 aromatic rings. The van der Waals surface area contributed by atoms with E-state index in [1.165, 1.54) is 6.20 Å². The van der Waals surface area contributed by atoms with Gasteiger partial charge in [0.05, 0.1) is 10.6 Å². The van der Waals surface area contributed by atoms with Crippen molar-refractivity contribution in [2.24, 2.45) is 0 Å². The third kappa shape index (κ3) is 2.76. The van der Waals surface area contributed by atoms with Gasteiger partial charge >= 0.3 is 0 Å². The van der Waals surface area contributed by atoms with Gasteiger partial charge < -0.3 is 10.2 Å². The van der Waals surface area contributed by atoms with Crippen LogP contribution in [-0.2, 0) is 0 Å². The van der Waals surface area contributed by atoms with Gasteiger partial charge in [0.1, 0.15) is 0 Å².